The second-order valence-corrected chi connectivity index (χ2v) is 4.06. The van der Waals surface area contributed by atoms with Crippen LogP contribution in [0.5, 0.6) is 0 Å². The first-order chi connectivity index (χ1) is 5.68. The number of rotatable bonds is 2. The molecule has 1 aliphatic heterocycles. The normalized spacial score (nSPS) is 27.2. The molecule has 1 heterocycles. The second kappa shape index (κ2) is 4.61. The van der Waals surface area contributed by atoms with Gasteiger partial charge in [-0.2, -0.15) is 0 Å². The van der Waals surface area contributed by atoms with Crippen molar-refractivity contribution in [3.8, 4) is 0 Å². The Labute approximate surface area is 75.7 Å². The van der Waals surface area contributed by atoms with Crippen molar-refractivity contribution in [3.63, 3.8) is 0 Å². The summed E-state index contributed by atoms with van der Waals surface area (Å²) in [5.74, 6) is 0.700. The Morgan fingerprint density at radius 1 is 1.50 bits per heavy atom. The summed E-state index contributed by atoms with van der Waals surface area (Å²) in [6.07, 6.45) is 4.80. The van der Waals surface area contributed by atoms with Crippen molar-refractivity contribution in [2.75, 3.05) is 20.1 Å². The number of hydrogen-bond acceptors (Lipinski definition) is 2. The van der Waals surface area contributed by atoms with Gasteiger partial charge >= 0.3 is 0 Å². The fourth-order valence-electron chi connectivity index (χ4n) is 1.62. The number of nitrogens with zero attached hydrogens (tertiary/aromatic N) is 2. The lowest BCUT2D eigenvalue weighted by Gasteiger charge is -2.27. The third kappa shape index (κ3) is 3.35. The highest BCUT2D eigenvalue weighted by Crippen LogP contribution is 2.12. The Morgan fingerprint density at radius 2 is 2.25 bits per heavy atom. The minimum atomic E-state index is 0.456. The summed E-state index contributed by atoms with van der Waals surface area (Å²) in [5, 5.41) is 0. The Kier molecular flexibility index (Phi) is 3.73. The lowest BCUT2D eigenvalue weighted by Crippen LogP contribution is -2.32. The van der Waals surface area contributed by atoms with E-state index in [-0.39, 0.29) is 0 Å². The zero-order valence-electron chi connectivity index (χ0n) is 8.45. The van der Waals surface area contributed by atoms with Crippen LogP contribution in [0, 0.1) is 5.92 Å². The van der Waals surface area contributed by atoms with E-state index in [1.54, 1.807) is 0 Å². The molecular formula is C10H20N2. The van der Waals surface area contributed by atoms with Gasteiger partial charge < -0.3 is 4.90 Å². The van der Waals surface area contributed by atoms with Crippen LogP contribution >= 0.6 is 0 Å². The lowest BCUT2D eigenvalue weighted by molar-refractivity contribution is 0.249. The van der Waals surface area contributed by atoms with Gasteiger partial charge in [0, 0.05) is 24.7 Å². The zero-order valence-corrected chi connectivity index (χ0v) is 8.45. The van der Waals surface area contributed by atoms with E-state index in [1.165, 1.54) is 25.9 Å². The summed E-state index contributed by atoms with van der Waals surface area (Å²) in [6.45, 7) is 6.70. The number of hydrogen-bond donors (Lipinski definition) is 0. The van der Waals surface area contributed by atoms with Crippen LogP contribution in [0.1, 0.15) is 26.7 Å². The van der Waals surface area contributed by atoms with E-state index in [9.17, 15) is 0 Å². The van der Waals surface area contributed by atoms with Gasteiger partial charge in [-0.3, -0.25) is 4.99 Å². The topological polar surface area (TPSA) is 15.6 Å². The van der Waals surface area contributed by atoms with Crippen LogP contribution in [0.15, 0.2) is 4.99 Å². The lowest BCUT2D eigenvalue weighted by atomic mass is 10.00. The van der Waals surface area contributed by atoms with Gasteiger partial charge in [-0.15, -0.1) is 0 Å². The molecule has 0 saturated carbocycles. The molecule has 12 heavy (non-hydrogen) atoms. The van der Waals surface area contributed by atoms with E-state index in [4.69, 9.17) is 0 Å². The first-order valence-corrected chi connectivity index (χ1v) is 4.90. The molecule has 1 aliphatic rings. The maximum absolute atomic E-state index is 4.43. The average molecular weight is 168 g/mol. The van der Waals surface area contributed by atoms with Crippen molar-refractivity contribution in [3.05, 3.63) is 0 Å². The predicted octanol–water partition coefficient (Wildman–Crippen LogP) is 1.81. The Hall–Kier alpha value is -0.370. The van der Waals surface area contributed by atoms with Gasteiger partial charge in [-0.1, -0.05) is 0 Å². The highest BCUT2D eigenvalue weighted by atomic mass is 15.1. The monoisotopic (exact) mass is 168 g/mol. The molecule has 1 fully saturated rings. The third-order valence-corrected chi connectivity index (χ3v) is 2.26. The van der Waals surface area contributed by atoms with Crippen LogP contribution in [0.2, 0.25) is 0 Å². The van der Waals surface area contributed by atoms with Crippen molar-refractivity contribution in [2.45, 2.75) is 32.7 Å². The maximum atomic E-state index is 4.43. The molecule has 0 radical (unpaired) electrons. The Morgan fingerprint density at radius 3 is 2.83 bits per heavy atom. The summed E-state index contributed by atoms with van der Waals surface area (Å²) in [4.78, 5) is 6.82. The SMILES string of the molecule is CC(C)N=CC1CCCN(C)C1. The number of aliphatic imine (C=N–C) groups is 1. The molecule has 1 rings (SSSR count). The van der Waals surface area contributed by atoms with Crippen LogP contribution in [-0.4, -0.2) is 37.3 Å². The standard InChI is InChI=1S/C10H20N2/c1-9(2)11-7-10-5-4-6-12(3)8-10/h7,9-10H,4-6,8H2,1-3H3. The molecule has 2 heteroatoms. The molecule has 0 aromatic heterocycles. The molecule has 70 valence electrons. The minimum Gasteiger partial charge on any atom is -0.306 e. The molecule has 2 nitrogen and oxygen atoms in total. The van der Waals surface area contributed by atoms with Crippen molar-refractivity contribution >= 4 is 6.21 Å². The molecule has 0 N–H and O–H groups in total. The van der Waals surface area contributed by atoms with Crippen molar-refractivity contribution < 1.29 is 0 Å². The molecule has 0 bridgehead atoms. The number of piperidine rings is 1. The summed E-state index contributed by atoms with van der Waals surface area (Å²) in [7, 11) is 2.19. The smallest absolute Gasteiger partial charge is 0.0439 e. The van der Waals surface area contributed by atoms with E-state index < -0.39 is 0 Å². The first-order valence-electron chi connectivity index (χ1n) is 4.90. The van der Waals surface area contributed by atoms with E-state index in [0.717, 1.165) is 0 Å². The van der Waals surface area contributed by atoms with Gasteiger partial charge in [0.25, 0.3) is 0 Å². The average Bonchev–Trinajstić information content (AvgIpc) is 2.01. The molecule has 0 amide bonds. The van der Waals surface area contributed by atoms with Crippen LogP contribution in [0.4, 0.5) is 0 Å². The van der Waals surface area contributed by atoms with Crippen LogP contribution in [0.25, 0.3) is 0 Å². The number of likely N-dealkylation sites (tertiary alicyclic amines) is 1. The van der Waals surface area contributed by atoms with Crippen molar-refractivity contribution in [2.24, 2.45) is 10.9 Å². The highest BCUT2D eigenvalue weighted by molar-refractivity contribution is 5.61. The minimum absolute atomic E-state index is 0.456. The van der Waals surface area contributed by atoms with E-state index in [1.807, 2.05) is 0 Å². The van der Waals surface area contributed by atoms with Gasteiger partial charge in [-0.25, -0.2) is 0 Å². The van der Waals surface area contributed by atoms with Gasteiger partial charge in [0.2, 0.25) is 0 Å². The van der Waals surface area contributed by atoms with Gasteiger partial charge in [0.1, 0.15) is 0 Å². The van der Waals surface area contributed by atoms with Gasteiger partial charge in [-0.05, 0) is 40.3 Å². The van der Waals surface area contributed by atoms with Crippen LogP contribution in [0.3, 0.4) is 0 Å². The molecule has 0 aromatic rings. The molecular weight excluding hydrogens is 148 g/mol. The van der Waals surface area contributed by atoms with E-state index >= 15 is 0 Å². The predicted molar refractivity (Wildman–Crippen MR) is 53.8 cm³/mol. The molecule has 1 saturated heterocycles. The summed E-state index contributed by atoms with van der Waals surface area (Å²) >= 11 is 0. The first kappa shape index (κ1) is 9.72. The van der Waals surface area contributed by atoms with E-state index in [2.05, 4.69) is 37.0 Å². The Balaban J connectivity index is 2.31. The maximum Gasteiger partial charge on any atom is 0.0439 e. The van der Waals surface area contributed by atoms with E-state index in [0.29, 0.717) is 12.0 Å². The van der Waals surface area contributed by atoms with Crippen molar-refractivity contribution in [1.82, 2.24) is 4.90 Å². The molecule has 0 spiro atoms. The molecule has 0 aliphatic carbocycles. The highest BCUT2D eigenvalue weighted by Gasteiger charge is 2.14. The molecule has 1 atom stereocenters. The fourth-order valence-corrected chi connectivity index (χ4v) is 1.62. The summed E-state index contributed by atoms with van der Waals surface area (Å²) < 4.78 is 0. The second-order valence-electron chi connectivity index (χ2n) is 4.06. The zero-order chi connectivity index (χ0) is 8.97. The summed E-state index contributed by atoms with van der Waals surface area (Å²) in [5.41, 5.74) is 0. The van der Waals surface area contributed by atoms with Crippen LogP contribution < -0.4 is 0 Å². The Bertz CT molecular complexity index is 152. The van der Waals surface area contributed by atoms with Gasteiger partial charge in [0.15, 0.2) is 0 Å². The quantitative estimate of drug-likeness (QED) is 0.574. The largest absolute Gasteiger partial charge is 0.306 e. The van der Waals surface area contributed by atoms with Crippen molar-refractivity contribution in [1.29, 1.82) is 0 Å². The van der Waals surface area contributed by atoms with Gasteiger partial charge in [0.05, 0.1) is 0 Å². The molecule has 0 aromatic carbocycles. The molecule has 1 unspecified atom stereocenters. The summed E-state index contributed by atoms with van der Waals surface area (Å²) in [6, 6.07) is 0.456. The van der Waals surface area contributed by atoms with Crippen LogP contribution in [-0.2, 0) is 0 Å². The fraction of sp³-hybridized carbons (Fsp3) is 0.900. The third-order valence-electron chi connectivity index (χ3n) is 2.26.